The van der Waals surface area contributed by atoms with Gasteiger partial charge in [-0.15, -0.1) is 0 Å². The third-order valence-electron chi connectivity index (χ3n) is 2.95. The van der Waals surface area contributed by atoms with Crippen molar-refractivity contribution < 1.29 is 14.3 Å². The molecule has 2 fully saturated rings. The lowest BCUT2D eigenvalue weighted by molar-refractivity contribution is -0.145. The molecule has 0 aromatic heterocycles. The molecule has 0 spiro atoms. The summed E-state index contributed by atoms with van der Waals surface area (Å²) in [7, 11) is 0. The number of carbonyl (C=O) groups excluding carboxylic acids is 1. The molecule has 0 N–H and O–H groups in total. The fraction of sp³-hybridized carbons (Fsp3) is 0.727. The Hall–Kier alpha value is -0.830. The summed E-state index contributed by atoms with van der Waals surface area (Å²) in [6.45, 7) is 5.57. The maximum Gasteiger partial charge on any atom is 0.333 e. The highest BCUT2D eigenvalue weighted by Gasteiger charge is 2.45. The van der Waals surface area contributed by atoms with Crippen LogP contribution in [0.25, 0.3) is 0 Å². The molecule has 2 aliphatic rings. The lowest BCUT2D eigenvalue weighted by atomic mass is 9.98. The summed E-state index contributed by atoms with van der Waals surface area (Å²) in [4.78, 5) is 11.4. The second-order valence-electron chi connectivity index (χ2n) is 4.01. The van der Waals surface area contributed by atoms with E-state index in [4.69, 9.17) is 9.47 Å². The molecule has 1 aliphatic heterocycles. The summed E-state index contributed by atoms with van der Waals surface area (Å²) in [5.41, 5.74) is 0.559. The highest BCUT2D eigenvalue weighted by Crippen LogP contribution is 2.37. The van der Waals surface area contributed by atoms with E-state index in [1.807, 2.05) is 6.92 Å². The first-order valence-electron chi connectivity index (χ1n) is 5.25. The molecule has 78 valence electrons. The fourth-order valence-electron chi connectivity index (χ4n) is 1.85. The number of fused-ring (bicyclic) bond motifs is 1. The Balaban J connectivity index is 1.79. The molecule has 3 unspecified atom stereocenters. The van der Waals surface area contributed by atoms with Crippen molar-refractivity contribution in [1.29, 1.82) is 0 Å². The van der Waals surface area contributed by atoms with Gasteiger partial charge in [-0.1, -0.05) is 13.5 Å². The lowest BCUT2D eigenvalue weighted by Crippen LogP contribution is -2.25. The van der Waals surface area contributed by atoms with Gasteiger partial charge in [-0.25, -0.2) is 4.79 Å². The van der Waals surface area contributed by atoms with Crippen molar-refractivity contribution in [3.8, 4) is 0 Å². The van der Waals surface area contributed by atoms with E-state index in [1.165, 1.54) is 0 Å². The zero-order valence-corrected chi connectivity index (χ0v) is 8.49. The molecule has 0 aromatic carbocycles. The van der Waals surface area contributed by atoms with E-state index in [1.54, 1.807) is 0 Å². The number of hydrogen-bond acceptors (Lipinski definition) is 3. The van der Waals surface area contributed by atoms with Crippen molar-refractivity contribution in [3.63, 3.8) is 0 Å². The minimum absolute atomic E-state index is 0.0505. The smallest absolute Gasteiger partial charge is 0.333 e. The Morgan fingerprint density at radius 1 is 1.50 bits per heavy atom. The van der Waals surface area contributed by atoms with E-state index in [-0.39, 0.29) is 12.1 Å². The molecule has 1 saturated heterocycles. The standard InChI is InChI=1S/C11H16O3/c1-3-7(2)11(12)13-8-4-5-9-10(6-8)14-9/h8-10H,2-6H2,1H3. The van der Waals surface area contributed by atoms with Gasteiger partial charge in [0.25, 0.3) is 0 Å². The second kappa shape index (κ2) is 3.73. The largest absolute Gasteiger partial charge is 0.459 e. The summed E-state index contributed by atoms with van der Waals surface area (Å²) < 4.78 is 10.7. The molecule has 1 saturated carbocycles. The zero-order valence-electron chi connectivity index (χ0n) is 8.49. The molecular weight excluding hydrogens is 180 g/mol. The summed E-state index contributed by atoms with van der Waals surface area (Å²) in [5.74, 6) is -0.239. The van der Waals surface area contributed by atoms with Crippen molar-refractivity contribution in [2.24, 2.45) is 0 Å². The molecule has 2 rings (SSSR count). The van der Waals surface area contributed by atoms with Gasteiger partial charge in [0, 0.05) is 12.0 Å². The van der Waals surface area contributed by atoms with Crippen LogP contribution >= 0.6 is 0 Å². The van der Waals surface area contributed by atoms with Crippen molar-refractivity contribution >= 4 is 5.97 Å². The van der Waals surface area contributed by atoms with Crippen LogP contribution in [0.3, 0.4) is 0 Å². The average molecular weight is 196 g/mol. The van der Waals surface area contributed by atoms with Gasteiger partial charge in [-0.2, -0.15) is 0 Å². The molecule has 1 heterocycles. The van der Waals surface area contributed by atoms with Gasteiger partial charge in [0.1, 0.15) is 6.10 Å². The van der Waals surface area contributed by atoms with Gasteiger partial charge in [0.2, 0.25) is 0 Å². The Kier molecular flexibility index (Phi) is 2.59. The summed E-state index contributed by atoms with van der Waals surface area (Å²) in [6.07, 6.45) is 4.36. The van der Waals surface area contributed by atoms with Crippen LogP contribution < -0.4 is 0 Å². The first-order valence-corrected chi connectivity index (χ1v) is 5.25. The predicted molar refractivity (Wildman–Crippen MR) is 51.8 cm³/mol. The van der Waals surface area contributed by atoms with E-state index in [0.717, 1.165) is 19.3 Å². The minimum Gasteiger partial charge on any atom is -0.459 e. The zero-order chi connectivity index (χ0) is 10.1. The molecule has 3 atom stereocenters. The van der Waals surface area contributed by atoms with Crippen LogP contribution in [-0.2, 0) is 14.3 Å². The number of carbonyl (C=O) groups is 1. The molecule has 3 heteroatoms. The average Bonchev–Trinajstić information content (AvgIpc) is 2.94. The van der Waals surface area contributed by atoms with Gasteiger partial charge < -0.3 is 9.47 Å². The highest BCUT2D eigenvalue weighted by atomic mass is 16.6. The monoisotopic (exact) mass is 196 g/mol. The predicted octanol–water partition coefficient (Wildman–Crippen LogP) is 1.82. The molecule has 0 amide bonds. The Morgan fingerprint density at radius 3 is 2.93 bits per heavy atom. The van der Waals surface area contributed by atoms with Gasteiger partial charge >= 0.3 is 5.97 Å². The first kappa shape index (κ1) is 9.71. The highest BCUT2D eigenvalue weighted by molar-refractivity contribution is 5.87. The van der Waals surface area contributed by atoms with Crippen LogP contribution in [0.5, 0.6) is 0 Å². The molecule has 0 radical (unpaired) electrons. The van der Waals surface area contributed by atoms with Crippen molar-refractivity contribution in [2.75, 3.05) is 0 Å². The van der Waals surface area contributed by atoms with E-state index in [2.05, 4.69) is 6.58 Å². The maximum atomic E-state index is 11.4. The Morgan fingerprint density at radius 2 is 2.29 bits per heavy atom. The summed E-state index contributed by atoms with van der Waals surface area (Å²) >= 11 is 0. The molecule has 14 heavy (non-hydrogen) atoms. The minimum atomic E-state index is -0.239. The summed E-state index contributed by atoms with van der Waals surface area (Å²) in [5, 5.41) is 0. The van der Waals surface area contributed by atoms with Gasteiger partial charge in [0.05, 0.1) is 12.2 Å². The number of epoxide rings is 1. The summed E-state index contributed by atoms with van der Waals surface area (Å²) in [6, 6.07) is 0. The van der Waals surface area contributed by atoms with E-state index >= 15 is 0 Å². The van der Waals surface area contributed by atoms with Crippen LogP contribution in [-0.4, -0.2) is 24.3 Å². The molecular formula is C11H16O3. The quantitative estimate of drug-likeness (QED) is 0.392. The van der Waals surface area contributed by atoms with Gasteiger partial charge in [-0.3, -0.25) is 0 Å². The SMILES string of the molecule is C=C(CC)C(=O)OC1CCC2OC2C1. The molecule has 0 bridgehead atoms. The Bertz CT molecular complexity index is 259. The van der Waals surface area contributed by atoms with Gasteiger partial charge in [0.15, 0.2) is 0 Å². The molecule has 0 aromatic rings. The van der Waals surface area contributed by atoms with E-state index in [0.29, 0.717) is 24.2 Å². The Labute approximate surface area is 84.1 Å². The lowest BCUT2D eigenvalue weighted by Gasteiger charge is -2.19. The number of rotatable bonds is 3. The number of esters is 1. The fourth-order valence-corrected chi connectivity index (χ4v) is 1.85. The van der Waals surface area contributed by atoms with Gasteiger partial charge in [-0.05, 0) is 19.3 Å². The maximum absolute atomic E-state index is 11.4. The molecule has 1 aliphatic carbocycles. The van der Waals surface area contributed by atoms with Crippen LogP contribution in [0.1, 0.15) is 32.6 Å². The van der Waals surface area contributed by atoms with Crippen LogP contribution in [0, 0.1) is 0 Å². The van der Waals surface area contributed by atoms with Crippen LogP contribution in [0.4, 0.5) is 0 Å². The van der Waals surface area contributed by atoms with Crippen molar-refractivity contribution in [3.05, 3.63) is 12.2 Å². The second-order valence-corrected chi connectivity index (χ2v) is 4.01. The molecule has 3 nitrogen and oxygen atoms in total. The van der Waals surface area contributed by atoms with E-state index in [9.17, 15) is 4.79 Å². The first-order chi connectivity index (χ1) is 6.70. The van der Waals surface area contributed by atoms with Crippen LogP contribution in [0.2, 0.25) is 0 Å². The topological polar surface area (TPSA) is 38.8 Å². The number of hydrogen-bond donors (Lipinski definition) is 0. The van der Waals surface area contributed by atoms with Crippen molar-refractivity contribution in [1.82, 2.24) is 0 Å². The van der Waals surface area contributed by atoms with E-state index < -0.39 is 0 Å². The van der Waals surface area contributed by atoms with Crippen molar-refractivity contribution in [2.45, 2.75) is 50.9 Å². The van der Waals surface area contributed by atoms with Crippen LogP contribution in [0.15, 0.2) is 12.2 Å². The normalized spacial score (nSPS) is 34.5. The third kappa shape index (κ3) is 1.98. The number of ether oxygens (including phenoxy) is 2. The third-order valence-corrected chi connectivity index (χ3v) is 2.95.